The Morgan fingerprint density at radius 3 is 2.70 bits per heavy atom. The molecule has 1 unspecified atom stereocenters. The molecule has 1 aromatic carbocycles. The summed E-state index contributed by atoms with van der Waals surface area (Å²) in [6.07, 6.45) is 0.303. The number of nitrogens with two attached hydrogens (primary N) is 1. The molecule has 4 N–H and O–H groups in total. The van der Waals surface area contributed by atoms with Crippen molar-refractivity contribution in [1.29, 1.82) is 0 Å². The molecule has 0 aromatic heterocycles. The molecule has 0 spiro atoms. The molecule has 5 nitrogen and oxygen atoms in total. The van der Waals surface area contributed by atoms with Gasteiger partial charge in [-0.05, 0) is 13.0 Å². The number of hydrogen-bond acceptors (Lipinski definition) is 4. The fourth-order valence-electron chi connectivity index (χ4n) is 1.52. The highest BCUT2D eigenvalue weighted by Gasteiger charge is 2.22. The lowest BCUT2D eigenvalue weighted by atomic mass is 10.0. The van der Waals surface area contributed by atoms with Gasteiger partial charge in [-0.3, -0.25) is 4.79 Å². The lowest BCUT2D eigenvalue weighted by Crippen LogP contribution is -2.41. The van der Waals surface area contributed by atoms with Crippen LogP contribution in [0.4, 0.5) is 14.5 Å². The molecule has 0 fully saturated rings. The molecule has 7 heteroatoms. The molecule has 0 bridgehead atoms. The van der Waals surface area contributed by atoms with Gasteiger partial charge in [0.25, 0.3) is 5.91 Å². The Kier molecular flexibility index (Phi) is 5.41. The Hall–Kier alpha value is -1.73. The second-order valence-electron chi connectivity index (χ2n) is 4.78. The molecular weight excluding hydrogens is 270 g/mol. The van der Waals surface area contributed by atoms with E-state index in [2.05, 4.69) is 5.32 Å². The number of hydrogen-bond donors (Lipinski definition) is 3. The minimum atomic E-state index is -1.19. The van der Waals surface area contributed by atoms with Gasteiger partial charge >= 0.3 is 0 Å². The first kappa shape index (κ1) is 16.3. The van der Waals surface area contributed by atoms with Gasteiger partial charge in [0.1, 0.15) is 11.6 Å². The molecule has 0 aliphatic carbocycles. The smallest absolute Gasteiger partial charge is 0.254 e. The monoisotopic (exact) mass is 288 g/mol. The van der Waals surface area contributed by atoms with Crippen LogP contribution in [0, 0.1) is 11.6 Å². The fourth-order valence-corrected chi connectivity index (χ4v) is 1.52. The summed E-state index contributed by atoms with van der Waals surface area (Å²) in [5, 5.41) is 12.3. The van der Waals surface area contributed by atoms with E-state index in [0.29, 0.717) is 19.1 Å². The minimum absolute atomic E-state index is 0.0914. The van der Waals surface area contributed by atoms with E-state index < -0.39 is 23.1 Å². The third-order valence-electron chi connectivity index (χ3n) is 2.81. The Balaban J connectivity index is 2.70. The van der Waals surface area contributed by atoms with Crippen molar-refractivity contribution >= 4 is 11.6 Å². The molecule has 0 aliphatic heterocycles. The lowest BCUT2D eigenvalue weighted by Gasteiger charge is -2.23. The number of halogens is 2. The molecule has 0 radical (unpaired) electrons. The summed E-state index contributed by atoms with van der Waals surface area (Å²) in [5.74, 6) is -2.70. The molecule has 0 saturated carbocycles. The standard InChI is InChI=1S/C13H18F2N2O3/c1-13(19,3-4-20-2)7-17-12(18)8-5-11(16)10(15)6-9(8)14/h5-6,19H,3-4,7,16H2,1-2H3,(H,17,18). The summed E-state index contributed by atoms with van der Waals surface area (Å²) in [7, 11) is 1.49. The molecule has 0 saturated heterocycles. The maximum absolute atomic E-state index is 13.5. The van der Waals surface area contributed by atoms with Crippen LogP contribution < -0.4 is 11.1 Å². The molecule has 1 atom stereocenters. The van der Waals surface area contributed by atoms with E-state index in [4.69, 9.17) is 10.5 Å². The van der Waals surface area contributed by atoms with Gasteiger partial charge < -0.3 is 20.9 Å². The number of nitrogen functional groups attached to an aromatic ring is 1. The molecule has 112 valence electrons. The molecule has 1 aromatic rings. The summed E-state index contributed by atoms with van der Waals surface area (Å²) >= 11 is 0. The van der Waals surface area contributed by atoms with Crippen LogP contribution in [0.3, 0.4) is 0 Å². The molecule has 20 heavy (non-hydrogen) atoms. The van der Waals surface area contributed by atoms with Crippen LogP contribution in [0.25, 0.3) is 0 Å². The van der Waals surface area contributed by atoms with Gasteiger partial charge in [0.05, 0.1) is 16.9 Å². The highest BCUT2D eigenvalue weighted by atomic mass is 19.1. The first-order valence-electron chi connectivity index (χ1n) is 6.01. The Bertz CT molecular complexity index is 493. The van der Waals surface area contributed by atoms with Crippen molar-refractivity contribution in [1.82, 2.24) is 5.32 Å². The summed E-state index contributed by atoms with van der Waals surface area (Å²) in [6, 6.07) is 1.47. The number of nitrogens with one attached hydrogen (secondary N) is 1. The number of methoxy groups -OCH3 is 1. The van der Waals surface area contributed by atoms with Gasteiger partial charge in [0.15, 0.2) is 0 Å². The molecule has 0 heterocycles. The van der Waals surface area contributed by atoms with Crippen molar-refractivity contribution < 1.29 is 23.4 Å². The number of amides is 1. The van der Waals surface area contributed by atoms with Crippen LogP contribution in [0.1, 0.15) is 23.7 Å². The highest BCUT2D eigenvalue weighted by molar-refractivity contribution is 5.95. The van der Waals surface area contributed by atoms with E-state index in [-0.39, 0.29) is 17.8 Å². The topological polar surface area (TPSA) is 84.6 Å². The third-order valence-corrected chi connectivity index (χ3v) is 2.81. The van der Waals surface area contributed by atoms with Crippen molar-refractivity contribution in [3.63, 3.8) is 0 Å². The summed E-state index contributed by atoms with van der Waals surface area (Å²) in [5.41, 5.74) is 3.41. The Morgan fingerprint density at radius 1 is 1.45 bits per heavy atom. The van der Waals surface area contributed by atoms with E-state index in [1.807, 2.05) is 0 Å². The van der Waals surface area contributed by atoms with Crippen LogP contribution in [0.5, 0.6) is 0 Å². The predicted molar refractivity (Wildman–Crippen MR) is 70.2 cm³/mol. The third kappa shape index (κ3) is 4.43. The first-order valence-corrected chi connectivity index (χ1v) is 6.01. The number of rotatable bonds is 6. The summed E-state index contributed by atoms with van der Waals surface area (Å²) < 4.78 is 31.3. The van der Waals surface area contributed by atoms with E-state index in [9.17, 15) is 18.7 Å². The molecular formula is C13H18F2N2O3. The van der Waals surface area contributed by atoms with E-state index in [1.54, 1.807) is 0 Å². The second-order valence-corrected chi connectivity index (χ2v) is 4.78. The van der Waals surface area contributed by atoms with Crippen molar-refractivity contribution in [2.45, 2.75) is 18.9 Å². The number of ether oxygens (including phenoxy) is 1. The van der Waals surface area contributed by atoms with Crippen molar-refractivity contribution in [2.24, 2.45) is 0 Å². The van der Waals surface area contributed by atoms with Gasteiger partial charge in [-0.25, -0.2) is 8.78 Å². The fraction of sp³-hybridized carbons (Fsp3) is 0.462. The van der Waals surface area contributed by atoms with Gasteiger partial charge in [0.2, 0.25) is 0 Å². The predicted octanol–water partition coefficient (Wildman–Crippen LogP) is 1.06. The van der Waals surface area contributed by atoms with Crippen LogP contribution >= 0.6 is 0 Å². The lowest BCUT2D eigenvalue weighted by molar-refractivity contribution is 0.0243. The minimum Gasteiger partial charge on any atom is -0.396 e. The highest BCUT2D eigenvalue weighted by Crippen LogP contribution is 2.17. The second kappa shape index (κ2) is 6.62. The molecule has 1 amide bonds. The van der Waals surface area contributed by atoms with E-state index in [0.717, 1.165) is 6.07 Å². The zero-order valence-corrected chi connectivity index (χ0v) is 11.4. The van der Waals surface area contributed by atoms with Crippen LogP contribution in [0.15, 0.2) is 12.1 Å². The maximum atomic E-state index is 13.5. The largest absolute Gasteiger partial charge is 0.396 e. The normalized spacial score (nSPS) is 13.8. The van der Waals surface area contributed by atoms with Crippen molar-refractivity contribution in [3.8, 4) is 0 Å². The summed E-state index contributed by atoms with van der Waals surface area (Å²) in [4.78, 5) is 11.8. The van der Waals surface area contributed by atoms with Gasteiger partial charge in [-0.15, -0.1) is 0 Å². The Morgan fingerprint density at radius 2 is 2.10 bits per heavy atom. The number of carbonyl (C=O) groups is 1. The maximum Gasteiger partial charge on any atom is 0.254 e. The van der Waals surface area contributed by atoms with Crippen LogP contribution in [0.2, 0.25) is 0 Å². The average molecular weight is 288 g/mol. The zero-order chi connectivity index (χ0) is 15.3. The Labute approximate surface area is 115 Å². The number of anilines is 1. The van der Waals surface area contributed by atoms with E-state index >= 15 is 0 Å². The van der Waals surface area contributed by atoms with Gasteiger partial charge in [-0.1, -0.05) is 0 Å². The van der Waals surface area contributed by atoms with Crippen molar-refractivity contribution in [3.05, 3.63) is 29.3 Å². The SMILES string of the molecule is COCCC(C)(O)CNC(=O)c1cc(N)c(F)cc1F. The van der Waals surface area contributed by atoms with Crippen LogP contribution in [-0.4, -0.2) is 36.9 Å². The van der Waals surface area contributed by atoms with Crippen molar-refractivity contribution in [2.75, 3.05) is 26.0 Å². The van der Waals surface area contributed by atoms with E-state index in [1.165, 1.54) is 14.0 Å². The average Bonchev–Trinajstić information content (AvgIpc) is 2.38. The molecule has 1 rings (SSSR count). The van der Waals surface area contributed by atoms with Gasteiger partial charge in [-0.2, -0.15) is 0 Å². The summed E-state index contributed by atoms with van der Waals surface area (Å²) in [6.45, 7) is 1.74. The van der Waals surface area contributed by atoms with Crippen LogP contribution in [-0.2, 0) is 4.74 Å². The number of aliphatic hydroxyl groups is 1. The number of carbonyl (C=O) groups excluding carboxylic acids is 1. The molecule has 0 aliphatic rings. The quantitative estimate of drug-likeness (QED) is 0.683. The first-order chi connectivity index (χ1) is 9.26. The zero-order valence-electron chi connectivity index (χ0n) is 11.4. The van der Waals surface area contributed by atoms with Gasteiger partial charge in [0, 0.05) is 32.7 Å². The number of benzene rings is 1.